The summed E-state index contributed by atoms with van der Waals surface area (Å²) in [6.45, 7) is 4.00. The summed E-state index contributed by atoms with van der Waals surface area (Å²) in [5.41, 5.74) is 0. The van der Waals surface area contributed by atoms with E-state index in [0.29, 0.717) is 19.3 Å². The number of rotatable bonds is 4. The van der Waals surface area contributed by atoms with Crippen LogP contribution < -0.4 is 5.32 Å². The Balaban J connectivity index is 0. The summed E-state index contributed by atoms with van der Waals surface area (Å²) in [5, 5.41) is 2.47. The van der Waals surface area contributed by atoms with Crippen LogP contribution in [-0.2, 0) is 9.59 Å². The first kappa shape index (κ1) is 12.8. The molecule has 0 unspecified atom stereocenters. The second-order valence-electron chi connectivity index (χ2n) is 1.73. The molecule has 0 fully saturated rings. The van der Waals surface area contributed by atoms with Gasteiger partial charge in [0, 0.05) is 19.9 Å². The Bertz CT molecular complexity index is 102. The minimum absolute atomic E-state index is 0.00292. The van der Waals surface area contributed by atoms with E-state index in [1.807, 2.05) is 13.8 Å². The first-order valence-corrected chi connectivity index (χ1v) is 3.95. The highest BCUT2D eigenvalue weighted by atomic mass is 16.1. The van der Waals surface area contributed by atoms with Crippen LogP contribution in [0, 0.1) is 0 Å². The van der Waals surface area contributed by atoms with Crippen molar-refractivity contribution in [1.82, 2.24) is 5.32 Å². The second-order valence-corrected chi connectivity index (χ2v) is 1.73. The maximum Gasteiger partial charge on any atom is 0.219 e. The highest BCUT2D eigenvalue weighted by Crippen LogP contribution is 1.90. The molecule has 0 heterocycles. The third-order valence-electron chi connectivity index (χ3n) is 1.00. The van der Waals surface area contributed by atoms with E-state index >= 15 is 0 Å². The standard InChI is InChI=1S/C6H11NO2.C2H6/c1-7-6(9)4-2-3-5-8;1-2/h5H,2-4H2,1H3,(H,7,9);1-2H3. The minimum atomic E-state index is -0.00292. The normalized spacial score (nSPS) is 7.55. The van der Waals surface area contributed by atoms with Crippen molar-refractivity contribution in [1.29, 1.82) is 0 Å². The molecule has 0 aromatic carbocycles. The van der Waals surface area contributed by atoms with Crippen molar-refractivity contribution in [3.05, 3.63) is 0 Å². The van der Waals surface area contributed by atoms with Gasteiger partial charge >= 0.3 is 0 Å². The Labute approximate surface area is 68.2 Å². The van der Waals surface area contributed by atoms with Crippen LogP contribution >= 0.6 is 0 Å². The molecule has 3 nitrogen and oxygen atoms in total. The van der Waals surface area contributed by atoms with Gasteiger partial charge in [0.15, 0.2) is 0 Å². The van der Waals surface area contributed by atoms with Crippen molar-refractivity contribution in [3.8, 4) is 0 Å². The van der Waals surface area contributed by atoms with Crippen molar-refractivity contribution in [2.45, 2.75) is 33.1 Å². The second kappa shape index (κ2) is 11.9. The molecule has 0 aliphatic heterocycles. The number of unbranched alkanes of at least 4 members (excludes halogenated alkanes) is 1. The van der Waals surface area contributed by atoms with Gasteiger partial charge in [-0.15, -0.1) is 0 Å². The van der Waals surface area contributed by atoms with E-state index in [1.54, 1.807) is 7.05 Å². The number of amides is 1. The zero-order valence-electron chi connectivity index (χ0n) is 7.52. The van der Waals surface area contributed by atoms with E-state index in [1.165, 1.54) is 0 Å². The van der Waals surface area contributed by atoms with Crippen LogP contribution in [0.15, 0.2) is 0 Å². The largest absolute Gasteiger partial charge is 0.359 e. The van der Waals surface area contributed by atoms with Crippen LogP contribution in [0.5, 0.6) is 0 Å². The zero-order valence-corrected chi connectivity index (χ0v) is 7.52. The number of carbonyl (C=O) groups is 2. The molecule has 0 aromatic rings. The third-order valence-corrected chi connectivity index (χ3v) is 1.00. The number of aldehydes is 1. The SMILES string of the molecule is CC.CNC(=O)CCCC=O. The topological polar surface area (TPSA) is 46.2 Å². The van der Waals surface area contributed by atoms with Gasteiger partial charge in [-0.1, -0.05) is 13.8 Å². The fraction of sp³-hybridized carbons (Fsp3) is 0.750. The molecule has 0 aliphatic carbocycles. The molecular weight excluding hydrogens is 142 g/mol. The van der Waals surface area contributed by atoms with E-state index in [4.69, 9.17) is 0 Å². The molecule has 0 spiro atoms. The number of nitrogens with one attached hydrogen (secondary N) is 1. The van der Waals surface area contributed by atoms with E-state index in [2.05, 4.69) is 5.32 Å². The van der Waals surface area contributed by atoms with E-state index < -0.39 is 0 Å². The predicted molar refractivity (Wildman–Crippen MR) is 45.3 cm³/mol. The molecular formula is C8H17NO2. The maximum atomic E-state index is 10.5. The molecule has 0 bridgehead atoms. The smallest absolute Gasteiger partial charge is 0.219 e. The van der Waals surface area contributed by atoms with Crippen LogP contribution in [-0.4, -0.2) is 19.2 Å². The van der Waals surface area contributed by atoms with E-state index in [0.717, 1.165) is 6.29 Å². The minimum Gasteiger partial charge on any atom is -0.359 e. The predicted octanol–water partition coefficient (Wildman–Crippen LogP) is 1.13. The Morgan fingerprint density at radius 1 is 1.45 bits per heavy atom. The lowest BCUT2D eigenvalue weighted by molar-refractivity contribution is -0.120. The van der Waals surface area contributed by atoms with E-state index in [9.17, 15) is 9.59 Å². The van der Waals surface area contributed by atoms with Gasteiger partial charge in [0.2, 0.25) is 5.91 Å². The van der Waals surface area contributed by atoms with Gasteiger partial charge in [-0.3, -0.25) is 4.79 Å². The van der Waals surface area contributed by atoms with Crippen molar-refractivity contribution < 1.29 is 9.59 Å². The first-order chi connectivity index (χ1) is 5.31. The van der Waals surface area contributed by atoms with Gasteiger partial charge in [-0.2, -0.15) is 0 Å². The molecule has 11 heavy (non-hydrogen) atoms. The van der Waals surface area contributed by atoms with Crippen molar-refractivity contribution in [2.24, 2.45) is 0 Å². The molecule has 0 saturated heterocycles. The summed E-state index contributed by atoms with van der Waals surface area (Å²) >= 11 is 0. The lowest BCUT2D eigenvalue weighted by Crippen LogP contribution is -2.16. The average Bonchev–Trinajstić information content (AvgIpc) is 2.08. The maximum absolute atomic E-state index is 10.5. The zero-order chi connectivity index (χ0) is 9.11. The molecule has 0 aromatic heterocycles. The van der Waals surface area contributed by atoms with E-state index in [-0.39, 0.29) is 5.91 Å². The van der Waals surface area contributed by atoms with Gasteiger partial charge < -0.3 is 10.1 Å². The summed E-state index contributed by atoms with van der Waals surface area (Å²) in [7, 11) is 1.59. The van der Waals surface area contributed by atoms with Crippen LogP contribution in [0.3, 0.4) is 0 Å². The van der Waals surface area contributed by atoms with Gasteiger partial charge in [-0.25, -0.2) is 0 Å². The Hall–Kier alpha value is -0.860. The lowest BCUT2D eigenvalue weighted by atomic mass is 10.2. The van der Waals surface area contributed by atoms with Crippen molar-refractivity contribution in [2.75, 3.05) is 7.05 Å². The average molecular weight is 159 g/mol. The highest BCUT2D eigenvalue weighted by Gasteiger charge is 1.94. The lowest BCUT2D eigenvalue weighted by Gasteiger charge is -1.93. The molecule has 0 radical (unpaired) electrons. The molecule has 0 saturated carbocycles. The quantitative estimate of drug-likeness (QED) is 0.493. The van der Waals surface area contributed by atoms with Crippen molar-refractivity contribution >= 4 is 12.2 Å². The molecule has 0 aliphatic rings. The molecule has 66 valence electrons. The number of carbonyl (C=O) groups excluding carboxylic acids is 2. The van der Waals surface area contributed by atoms with Gasteiger partial charge in [0.05, 0.1) is 0 Å². The molecule has 0 atom stereocenters. The number of hydrogen-bond acceptors (Lipinski definition) is 2. The molecule has 0 rings (SSSR count). The monoisotopic (exact) mass is 159 g/mol. The summed E-state index contributed by atoms with van der Waals surface area (Å²) in [5.74, 6) is -0.00292. The van der Waals surface area contributed by atoms with Gasteiger partial charge in [0.1, 0.15) is 6.29 Å². The van der Waals surface area contributed by atoms with Crippen LogP contribution in [0.4, 0.5) is 0 Å². The summed E-state index contributed by atoms with van der Waals surface area (Å²) < 4.78 is 0. The molecule has 1 N–H and O–H groups in total. The van der Waals surface area contributed by atoms with Crippen molar-refractivity contribution in [3.63, 3.8) is 0 Å². The summed E-state index contributed by atoms with van der Waals surface area (Å²) in [4.78, 5) is 20.2. The van der Waals surface area contributed by atoms with Crippen LogP contribution in [0.2, 0.25) is 0 Å². The molecule has 1 amide bonds. The Kier molecular flexibility index (Phi) is 13.8. The summed E-state index contributed by atoms with van der Waals surface area (Å²) in [6.07, 6.45) is 2.41. The van der Waals surface area contributed by atoms with Crippen LogP contribution in [0.25, 0.3) is 0 Å². The first-order valence-electron chi connectivity index (χ1n) is 3.95. The fourth-order valence-corrected chi connectivity index (χ4v) is 0.471. The summed E-state index contributed by atoms with van der Waals surface area (Å²) in [6, 6.07) is 0. The third kappa shape index (κ3) is 12.4. The van der Waals surface area contributed by atoms with Crippen LogP contribution in [0.1, 0.15) is 33.1 Å². The van der Waals surface area contributed by atoms with Gasteiger partial charge in [-0.05, 0) is 6.42 Å². The highest BCUT2D eigenvalue weighted by molar-refractivity contribution is 5.75. The Morgan fingerprint density at radius 2 is 2.00 bits per heavy atom. The van der Waals surface area contributed by atoms with Gasteiger partial charge in [0.25, 0.3) is 0 Å². The Morgan fingerprint density at radius 3 is 2.36 bits per heavy atom. The number of hydrogen-bond donors (Lipinski definition) is 1. The fourth-order valence-electron chi connectivity index (χ4n) is 0.471. The molecule has 3 heteroatoms.